The van der Waals surface area contributed by atoms with Gasteiger partial charge in [-0.2, -0.15) is 0 Å². The first kappa shape index (κ1) is 55.5. The van der Waals surface area contributed by atoms with Gasteiger partial charge in [0.15, 0.2) is 0 Å². The second-order valence-corrected chi connectivity index (χ2v) is 17.5. The molecule has 3 saturated heterocycles. The maximum absolute atomic E-state index is 10.6. The van der Waals surface area contributed by atoms with Crippen LogP contribution in [0.1, 0.15) is 142 Å². The van der Waals surface area contributed by atoms with Crippen molar-refractivity contribution in [1.29, 1.82) is 0 Å². The minimum Gasteiger partial charge on any atom is -0.372 e. The molecule has 51 heavy (non-hydrogen) atoms. The molecule has 0 radical (unpaired) electrons. The summed E-state index contributed by atoms with van der Waals surface area (Å²) >= 11 is 0. The van der Waals surface area contributed by atoms with Gasteiger partial charge in [0.25, 0.3) is 0 Å². The number of ether oxygens (including phenoxy) is 3. The van der Waals surface area contributed by atoms with E-state index in [0.29, 0.717) is 0 Å². The maximum atomic E-state index is 10.6. The smallest absolute Gasteiger partial charge is 0.372 e. The summed E-state index contributed by atoms with van der Waals surface area (Å²) in [7, 11) is -13.2. The Morgan fingerprint density at radius 1 is 0.471 bits per heavy atom. The van der Waals surface area contributed by atoms with E-state index >= 15 is 0 Å². The zero-order valence-electron chi connectivity index (χ0n) is 33.9. The number of hydrogen-bond donors (Lipinski definition) is 6. The van der Waals surface area contributed by atoms with Crippen molar-refractivity contribution in [3.8, 4) is 0 Å². The van der Waals surface area contributed by atoms with Crippen molar-refractivity contribution in [2.24, 2.45) is 17.8 Å². The Morgan fingerprint density at radius 2 is 0.627 bits per heavy atom. The zero-order chi connectivity index (χ0) is 40.9. The highest BCUT2D eigenvalue weighted by Gasteiger charge is 2.39. The molecule has 0 spiro atoms. The molecule has 3 aliphatic rings. The predicted molar refractivity (Wildman–Crippen MR) is 200 cm³/mol. The van der Waals surface area contributed by atoms with Gasteiger partial charge >= 0.3 is 23.5 Å². The molecule has 0 aromatic rings. The van der Waals surface area contributed by atoms with E-state index in [-0.39, 0.29) is 54.4 Å². The Bertz CT molecular complexity index is 880. The first-order chi connectivity index (χ1) is 23.1. The van der Waals surface area contributed by atoms with Crippen LogP contribution in [0.4, 0.5) is 0 Å². The fourth-order valence-corrected chi connectivity index (χ4v) is 7.56. The standard InChI is InChI=1S/3C8H17O5P.3C3H8/c3*1-5-4-6(2)12-8(5)7(3)13-14(9,10)11;3*1-3-2/h3*5-8H,4H2,1-3H3,(H2,9,10,11);3*3H2,1-2H3/t3*5-,6-,7+,8-;;;/m000.../s1. The van der Waals surface area contributed by atoms with E-state index < -0.39 is 41.8 Å². The first-order valence-corrected chi connectivity index (χ1v) is 22.9. The number of rotatable bonds is 9. The van der Waals surface area contributed by atoms with E-state index in [1.165, 1.54) is 19.3 Å². The third-order valence-electron chi connectivity index (χ3n) is 7.26. The molecule has 6 N–H and O–H groups in total. The van der Waals surface area contributed by atoms with Gasteiger partial charge in [-0.15, -0.1) is 0 Å². The molecule has 0 unspecified atom stereocenters. The molecular formula is C33H75O15P3. The first-order valence-electron chi connectivity index (χ1n) is 18.3. The van der Waals surface area contributed by atoms with Crippen LogP contribution in [0.15, 0.2) is 0 Å². The highest BCUT2D eigenvalue weighted by atomic mass is 31.2. The minimum atomic E-state index is -4.40. The van der Waals surface area contributed by atoms with Crippen molar-refractivity contribution >= 4 is 23.5 Å². The molecule has 12 atom stereocenters. The molecule has 3 fully saturated rings. The monoisotopic (exact) mass is 804 g/mol. The van der Waals surface area contributed by atoms with Crippen molar-refractivity contribution in [3.63, 3.8) is 0 Å². The second-order valence-electron chi connectivity index (χ2n) is 13.9. The fourth-order valence-electron chi connectivity index (χ4n) is 5.90. The van der Waals surface area contributed by atoms with E-state index in [9.17, 15) is 13.7 Å². The number of phosphoric acid groups is 3. The van der Waals surface area contributed by atoms with Crippen LogP contribution in [0, 0.1) is 17.8 Å². The fraction of sp³-hybridized carbons (Fsp3) is 1.00. The molecule has 3 aliphatic heterocycles. The molecule has 0 amide bonds. The molecule has 3 rings (SSSR count). The van der Waals surface area contributed by atoms with Crippen LogP contribution in [-0.4, -0.2) is 84.3 Å². The largest absolute Gasteiger partial charge is 0.469 e. The summed E-state index contributed by atoms with van der Waals surface area (Å²) in [5.41, 5.74) is 0. The molecule has 312 valence electrons. The molecule has 0 aromatic carbocycles. The average molecular weight is 805 g/mol. The van der Waals surface area contributed by atoms with Gasteiger partial charge in [-0.25, -0.2) is 13.7 Å². The van der Waals surface area contributed by atoms with Crippen molar-refractivity contribution in [2.75, 3.05) is 0 Å². The topological polar surface area (TPSA) is 228 Å². The Hall–Kier alpha value is 0.210. The van der Waals surface area contributed by atoms with Crippen LogP contribution < -0.4 is 0 Å². The van der Waals surface area contributed by atoms with Gasteiger partial charge in [-0.1, -0.05) is 81.6 Å². The van der Waals surface area contributed by atoms with Crippen LogP contribution in [0.25, 0.3) is 0 Å². The van der Waals surface area contributed by atoms with Crippen LogP contribution in [0.2, 0.25) is 0 Å². The molecule has 18 heteroatoms. The Kier molecular flexibility index (Phi) is 30.2. The lowest BCUT2D eigenvalue weighted by molar-refractivity contribution is -0.0309. The Morgan fingerprint density at radius 3 is 0.725 bits per heavy atom. The van der Waals surface area contributed by atoms with Crippen LogP contribution in [0.5, 0.6) is 0 Å². The summed E-state index contributed by atoms with van der Waals surface area (Å²) in [5, 5.41) is 0. The van der Waals surface area contributed by atoms with E-state index in [1.807, 2.05) is 41.5 Å². The third kappa shape index (κ3) is 29.2. The highest BCUT2D eigenvalue weighted by Crippen LogP contribution is 2.43. The van der Waals surface area contributed by atoms with Crippen molar-refractivity contribution in [2.45, 2.75) is 197 Å². The van der Waals surface area contributed by atoms with Crippen molar-refractivity contribution in [3.05, 3.63) is 0 Å². The van der Waals surface area contributed by atoms with Gasteiger partial charge in [0.2, 0.25) is 0 Å². The lowest BCUT2D eigenvalue weighted by Crippen LogP contribution is -2.29. The highest BCUT2D eigenvalue weighted by molar-refractivity contribution is 7.46. The molecule has 3 heterocycles. The van der Waals surface area contributed by atoms with Crippen LogP contribution in [-0.2, 0) is 41.5 Å². The summed E-state index contributed by atoms with van der Waals surface area (Å²) in [6, 6.07) is 0. The van der Waals surface area contributed by atoms with Gasteiger partial charge < -0.3 is 43.6 Å². The van der Waals surface area contributed by atoms with Gasteiger partial charge in [-0.3, -0.25) is 13.6 Å². The SMILES string of the molecule is CCC.CCC.CCC.C[C@H]1C[C@H](C)[C@@H]([C@@H](C)OP(=O)(O)O)O1.C[C@H]1C[C@H](C)[C@@H]([C@@H](C)OP(=O)(O)O)O1.C[C@H]1C[C@H](C)[C@@H]([C@@H](C)OP(=O)(O)O)O1. The summed E-state index contributed by atoms with van der Waals surface area (Å²) in [6.45, 7) is 29.4. The number of hydrogen-bond acceptors (Lipinski definition) is 9. The summed E-state index contributed by atoms with van der Waals surface area (Å²) in [4.78, 5) is 51.8. The molecular weight excluding hydrogens is 729 g/mol. The normalized spacial score (nSPS) is 30.6. The van der Waals surface area contributed by atoms with Crippen LogP contribution in [0.3, 0.4) is 0 Å². The quantitative estimate of drug-likeness (QED) is 0.121. The average Bonchev–Trinajstić information content (AvgIpc) is 3.57. The molecule has 0 aromatic heterocycles. The second kappa shape index (κ2) is 27.7. The van der Waals surface area contributed by atoms with Gasteiger partial charge in [0.1, 0.15) is 0 Å². The Labute approximate surface area is 309 Å². The van der Waals surface area contributed by atoms with Gasteiger partial charge in [-0.05, 0) is 78.6 Å². The molecule has 0 aliphatic carbocycles. The van der Waals surface area contributed by atoms with Crippen LogP contribution >= 0.6 is 23.5 Å². The predicted octanol–water partition coefficient (Wildman–Crippen LogP) is 8.14. The lowest BCUT2D eigenvalue weighted by atomic mass is 9.99. The minimum absolute atomic E-state index is 0.137. The summed E-state index contributed by atoms with van der Waals surface area (Å²) in [6.07, 6.45) is 4.47. The van der Waals surface area contributed by atoms with E-state index in [0.717, 1.165) is 19.3 Å². The van der Waals surface area contributed by atoms with E-state index in [1.54, 1.807) is 20.8 Å². The molecule has 15 nitrogen and oxygen atoms in total. The number of phosphoric ester groups is 3. The van der Waals surface area contributed by atoms with Gasteiger partial charge in [0, 0.05) is 0 Å². The third-order valence-corrected chi connectivity index (χ3v) is 9.08. The maximum Gasteiger partial charge on any atom is 0.469 e. The van der Waals surface area contributed by atoms with Crippen molar-refractivity contribution in [1.82, 2.24) is 0 Å². The summed E-state index contributed by atoms with van der Waals surface area (Å²) < 4.78 is 62.1. The molecule has 0 bridgehead atoms. The summed E-state index contributed by atoms with van der Waals surface area (Å²) in [5.74, 6) is 0.810. The van der Waals surface area contributed by atoms with E-state index in [2.05, 4.69) is 55.1 Å². The Balaban J connectivity index is -0.000000605. The van der Waals surface area contributed by atoms with Gasteiger partial charge in [0.05, 0.1) is 54.9 Å². The lowest BCUT2D eigenvalue weighted by Gasteiger charge is -2.23. The zero-order valence-corrected chi connectivity index (χ0v) is 36.6. The van der Waals surface area contributed by atoms with Crippen molar-refractivity contribution < 1.29 is 70.8 Å². The van der Waals surface area contributed by atoms with E-state index in [4.69, 9.17) is 43.6 Å². The molecule has 0 saturated carbocycles.